The first kappa shape index (κ1) is 21.3. The molecule has 0 atom stereocenters. The van der Waals surface area contributed by atoms with E-state index in [-0.39, 0.29) is 17.3 Å². The molecular formula is C23H24N2O5S. The molecule has 0 unspecified atom stereocenters. The van der Waals surface area contributed by atoms with E-state index in [0.29, 0.717) is 37.6 Å². The summed E-state index contributed by atoms with van der Waals surface area (Å²) in [5.41, 5.74) is 1.25. The van der Waals surface area contributed by atoms with Crippen LogP contribution in [-0.4, -0.2) is 52.0 Å². The van der Waals surface area contributed by atoms with Crippen LogP contribution in [0.25, 0.3) is 10.8 Å². The summed E-state index contributed by atoms with van der Waals surface area (Å²) in [5.74, 6) is 0.246. The van der Waals surface area contributed by atoms with Crippen molar-refractivity contribution in [1.29, 1.82) is 0 Å². The molecule has 1 amide bonds. The Labute approximate surface area is 181 Å². The van der Waals surface area contributed by atoms with Crippen molar-refractivity contribution >= 4 is 26.7 Å². The number of ether oxygens (including phenoxy) is 2. The molecule has 3 aromatic rings. The average Bonchev–Trinajstić information content (AvgIpc) is 2.82. The molecule has 1 saturated heterocycles. The molecule has 0 radical (unpaired) electrons. The Balaban J connectivity index is 1.46. The Kier molecular flexibility index (Phi) is 6.22. The second-order valence-corrected chi connectivity index (χ2v) is 9.18. The Morgan fingerprint density at radius 2 is 1.68 bits per heavy atom. The van der Waals surface area contributed by atoms with Crippen molar-refractivity contribution in [2.45, 2.75) is 11.4 Å². The second-order valence-electron chi connectivity index (χ2n) is 7.24. The minimum atomic E-state index is -3.53. The fraction of sp³-hybridized carbons (Fsp3) is 0.261. The van der Waals surface area contributed by atoms with Gasteiger partial charge in [-0.1, -0.05) is 36.4 Å². The lowest BCUT2D eigenvalue weighted by Gasteiger charge is -2.26. The van der Waals surface area contributed by atoms with Crippen LogP contribution in [0.2, 0.25) is 0 Å². The Morgan fingerprint density at radius 1 is 1.03 bits per heavy atom. The van der Waals surface area contributed by atoms with Crippen molar-refractivity contribution in [3.8, 4) is 5.75 Å². The number of sulfonamides is 1. The van der Waals surface area contributed by atoms with E-state index >= 15 is 0 Å². The normalized spacial score (nSPS) is 15.0. The number of carbonyl (C=O) groups is 1. The van der Waals surface area contributed by atoms with Gasteiger partial charge in [-0.2, -0.15) is 4.31 Å². The molecule has 1 aliphatic rings. The molecule has 0 spiro atoms. The molecule has 0 bridgehead atoms. The Bertz CT molecular complexity index is 1190. The first-order valence-corrected chi connectivity index (χ1v) is 11.4. The topological polar surface area (TPSA) is 84.9 Å². The maximum Gasteiger partial charge on any atom is 0.255 e. The minimum Gasteiger partial charge on any atom is -0.496 e. The molecule has 0 aromatic heterocycles. The van der Waals surface area contributed by atoms with E-state index in [1.54, 1.807) is 24.3 Å². The molecule has 1 aliphatic heterocycles. The van der Waals surface area contributed by atoms with Crippen LogP contribution in [0.15, 0.2) is 65.6 Å². The smallest absolute Gasteiger partial charge is 0.255 e. The zero-order valence-corrected chi connectivity index (χ0v) is 18.0. The van der Waals surface area contributed by atoms with Crippen LogP contribution in [0.1, 0.15) is 15.9 Å². The lowest BCUT2D eigenvalue weighted by Crippen LogP contribution is -2.40. The first-order valence-electron chi connectivity index (χ1n) is 10.0. The Hall–Kier alpha value is -2.94. The number of benzene rings is 3. The van der Waals surface area contributed by atoms with E-state index in [4.69, 9.17) is 9.47 Å². The molecule has 4 rings (SSSR count). The van der Waals surface area contributed by atoms with E-state index in [1.165, 1.54) is 11.4 Å². The van der Waals surface area contributed by atoms with Gasteiger partial charge in [-0.15, -0.1) is 0 Å². The fourth-order valence-corrected chi connectivity index (χ4v) is 4.97. The highest BCUT2D eigenvalue weighted by Crippen LogP contribution is 2.26. The predicted octanol–water partition coefficient (Wildman–Crippen LogP) is 2.80. The molecule has 7 nitrogen and oxygen atoms in total. The van der Waals surface area contributed by atoms with Gasteiger partial charge < -0.3 is 14.8 Å². The number of morpholine rings is 1. The van der Waals surface area contributed by atoms with Crippen molar-refractivity contribution < 1.29 is 22.7 Å². The number of hydrogen-bond donors (Lipinski definition) is 1. The second kappa shape index (κ2) is 9.05. The van der Waals surface area contributed by atoms with Crippen molar-refractivity contribution in [1.82, 2.24) is 9.62 Å². The SMILES string of the molecule is COc1cc2ccccc2cc1C(=O)NCc1ccc(S(=O)(=O)N2CCOCC2)cc1. The summed E-state index contributed by atoms with van der Waals surface area (Å²) in [4.78, 5) is 13.0. The number of nitrogens with one attached hydrogen (secondary N) is 1. The van der Waals surface area contributed by atoms with Gasteiger partial charge in [0, 0.05) is 19.6 Å². The zero-order chi connectivity index (χ0) is 21.8. The highest BCUT2D eigenvalue weighted by molar-refractivity contribution is 7.89. The maximum absolute atomic E-state index is 12.8. The quantitative estimate of drug-likeness (QED) is 0.637. The third kappa shape index (κ3) is 4.56. The lowest BCUT2D eigenvalue weighted by atomic mass is 10.1. The van der Waals surface area contributed by atoms with Crippen LogP contribution in [0, 0.1) is 0 Å². The van der Waals surface area contributed by atoms with Crippen LogP contribution >= 0.6 is 0 Å². The van der Waals surface area contributed by atoms with Gasteiger partial charge in [0.05, 0.1) is 30.8 Å². The maximum atomic E-state index is 12.8. The van der Waals surface area contributed by atoms with Crippen molar-refractivity contribution in [3.63, 3.8) is 0 Å². The van der Waals surface area contributed by atoms with Gasteiger partial charge >= 0.3 is 0 Å². The zero-order valence-electron chi connectivity index (χ0n) is 17.2. The number of fused-ring (bicyclic) bond motifs is 1. The van der Waals surface area contributed by atoms with E-state index < -0.39 is 10.0 Å². The number of amides is 1. The van der Waals surface area contributed by atoms with Gasteiger partial charge in [0.25, 0.3) is 5.91 Å². The van der Waals surface area contributed by atoms with Crippen LogP contribution in [0.5, 0.6) is 5.75 Å². The molecule has 31 heavy (non-hydrogen) atoms. The largest absolute Gasteiger partial charge is 0.496 e. The van der Waals surface area contributed by atoms with Crippen molar-refractivity contribution in [2.24, 2.45) is 0 Å². The third-order valence-electron chi connectivity index (χ3n) is 5.30. The van der Waals surface area contributed by atoms with Crippen LogP contribution in [0.3, 0.4) is 0 Å². The average molecular weight is 441 g/mol. The molecule has 162 valence electrons. The molecule has 1 heterocycles. The summed E-state index contributed by atoms with van der Waals surface area (Å²) in [6, 6.07) is 18.0. The number of methoxy groups -OCH3 is 1. The molecule has 8 heteroatoms. The summed E-state index contributed by atoms with van der Waals surface area (Å²) in [6.45, 7) is 1.79. The highest BCUT2D eigenvalue weighted by atomic mass is 32.2. The number of rotatable bonds is 6. The summed E-state index contributed by atoms with van der Waals surface area (Å²) in [7, 11) is -2.00. The van der Waals surface area contributed by atoms with E-state index in [1.807, 2.05) is 36.4 Å². The van der Waals surface area contributed by atoms with Gasteiger partial charge in [0.2, 0.25) is 10.0 Å². The van der Waals surface area contributed by atoms with Crippen LogP contribution < -0.4 is 10.1 Å². The molecule has 1 fully saturated rings. The predicted molar refractivity (Wildman–Crippen MR) is 118 cm³/mol. The van der Waals surface area contributed by atoms with Gasteiger partial charge in [0.1, 0.15) is 5.75 Å². The van der Waals surface area contributed by atoms with E-state index in [2.05, 4.69) is 5.32 Å². The first-order chi connectivity index (χ1) is 15.0. The van der Waals surface area contributed by atoms with Gasteiger partial charge in [-0.25, -0.2) is 8.42 Å². The third-order valence-corrected chi connectivity index (χ3v) is 7.21. The summed E-state index contributed by atoms with van der Waals surface area (Å²) < 4.78 is 37.5. The molecule has 1 N–H and O–H groups in total. The van der Waals surface area contributed by atoms with Gasteiger partial charge in [-0.3, -0.25) is 4.79 Å². The number of hydrogen-bond acceptors (Lipinski definition) is 5. The highest BCUT2D eigenvalue weighted by Gasteiger charge is 2.26. The standard InChI is InChI=1S/C23H24N2O5S/c1-29-22-15-19-5-3-2-4-18(19)14-21(22)23(26)24-16-17-6-8-20(9-7-17)31(27,28)25-10-12-30-13-11-25/h2-9,14-15H,10-13,16H2,1H3,(H,24,26). The number of nitrogens with zero attached hydrogens (tertiary/aromatic N) is 1. The lowest BCUT2D eigenvalue weighted by molar-refractivity contribution is 0.0730. The van der Waals surface area contributed by atoms with Crippen LogP contribution in [-0.2, 0) is 21.3 Å². The Morgan fingerprint density at radius 3 is 2.32 bits per heavy atom. The molecular weight excluding hydrogens is 416 g/mol. The van der Waals surface area contributed by atoms with E-state index in [9.17, 15) is 13.2 Å². The molecule has 0 aliphatic carbocycles. The van der Waals surface area contributed by atoms with Crippen molar-refractivity contribution in [3.05, 3.63) is 71.8 Å². The van der Waals surface area contributed by atoms with E-state index in [0.717, 1.165) is 16.3 Å². The molecule has 0 saturated carbocycles. The van der Waals surface area contributed by atoms with Crippen LogP contribution in [0.4, 0.5) is 0 Å². The monoisotopic (exact) mass is 440 g/mol. The molecule has 3 aromatic carbocycles. The summed E-state index contributed by atoms with van der Waals surface area (Å²) in [5, 5.41) is 4.82. The summed E-state index contributed by atoms with van der Waals surface area (Å²) >= 11 is 0. The van der Waals surface area contributed by atoms with Gasteiger partial charge in [0.15, 0.2) is 0 Å². The summed E-state index contributed by atoms with van der Waals surface area (Å²) in [6.07, 6.45) is 0. The minimum absolute atomic E-state index is 0.237. The van der Waals surface area contributed by atoms with Crippen molar-refractivity contribution in [2.75, 3.05) is 33.4 Å². The van der Waals surface area contributed by atoms with Gasteiger partial charge in [-0.05, 0) is 40.6 Å². The fourth-order valence-electron chi connectivity index (χ4n) is 3.56. The number of carbonyl (C=O) groups excluding carboxylic acids is 1.